The van der Waals surface area contributed by atoms with E-state index in [-0.39, 0.29) is 0 Å². The van der Waals surface area contributed by atoms with Gasteiger partial charge in [-0.1, -0.05) is 13.8 Å². The van der Waals surface area contributed by atoms with Crippen LogP contribution in [0.4, 0.5) is 5.69 Å². The Morgan fingerprint density at radius 3 is 2.43 bits per heavy atom. The number of ether oxygens (including phenoxy) is 2. The van der Waals surface area contributed by atoms with Crippen molar-refractivity contribution in [2.45, 2.75) is 27.7 Å². The zero-order valence-electron chi connectivity index (χ0n) is 13.3. The van der Waals surface area contributed by atoms with Gasteiger partial charge in [-0.15, -0.1) is 0 Å². The minimum absolute atomic E-state index is 0.467. The van der Waals surface area contributed by atoms with Crippen LogP contribution in [0, 0.1) is 5.92 Å². The van der Waals surface area contributed by atoms with E-state index in [0.29, 0.717) is 37.4 Å². The van der Waals surface area contributed by atoms with E-state index in [1.165, 1.54) is 0 Å². The predicted molar refractivity (Wildman–Crippen MR) is 86.9 cm³/mol. The van der Waals surface area contributed by atoms with E-state index < -0.39 is 0 Å². The average molecular weight is 294 g/mol. The fourth-order valence-corrected chi connectivity index (χ4v) is 1.66. The first kappa shape index (κ1) is 17.1. The van der Waals surface area contributed by atoms with E-state index in [0.717, 1.165) is 11.4 Å². The van der Waals surface area contributed by atoms with Crippen molar-refractivity contribution in [3.05, 3.63) is 18.2 Å². The van der Waals surface area contributed by atoms with Crippen LogP contribution < -0.4 is 26.1 Å². The Kier molecular flexibility index (Phi) is 7.39. The first-order valence-corrected chi connectivity index (χ1v) is 7.28. The van der Waals surface area contributed by atoms with Gasteiger partial charge in [0.05, 0.1) is 13.2 Å². The van der Waals surface area contributed by atoms with E-state index in [4.69, 9.17) is 15.3 Å². The number of aliphatic imine (C=N–C) groups is 1. The van der Waals surface area contributed by atoms with Crippen LogP contribution in [-0.4, -0.2) is 25.7 Å². The molecule has 0 saturated heterocycles. The molecule has 6 heteroatoms. The molecule has 0 bridgehead atoms. The molecule has 0 aliphatic rings. The molecule has 0 saturated carbocycles. The SMILES string of the molecule is CCOc1ccc(NC(=NCC(C)C)NN)cc1OCC. The normalized spacial score (nSPS) is 11.4. The molecule has 0 fully saturated rings. The molecule has 0 heterocycles. The van der Waals surface area contributed by atoms with Crippen LogP contribution in [-0.2, 0) is 0 Å². The first-order chi connectivity index (χ1) is 10.1. The van der Waals surface area contributed by atoms with Crippen LogP contribution in [0.25, 0.3) is 0 Å². The van der Waals surface area contributed by atoms with Crippen molar-refractivity contribution >= 4 is 11.6 Å². The van der Waals surface area contributed by atoms with E-state index in [9.17, 15) is 0 Å². The minimum Gasteiger partial charge on any atom is -0.490 e. The summed E-state index contributed by atoms with van der Waals surface area (Å²) < 4.78 is 11.1. The molecule has 0 radical (unpaired) electrons. The summed E-state index contributed by atoms with van der Waals surface area (Å²) in [7, 11) is 0. The van der Waals surface area contributed by atoms with Crippen LogP contribution in [0.5, 0.6) is 11.5 Å². The van der Waals surface area contributed by atoms with Crippen molar-refractivity contribution in [1.82, 2.24) is 5.43 Å². The predicted octanol–water partition coefficient (Wildman–Crippen LogP) is 2.37. The molecule has 6 nitrogen and oxygen atoms in total. The van der Waals surface area contributed by atoms with Gasteiger partial charge >= 0.3 is 0 Å². The Balaban J connectivity index is 2.87. The van der Waals surface area contributed by atoms with Crippen molar-refractivity contribution in [3.63, 3.8) is 0 Å². The summed E-state index contributed by atoms with van der Waals surface area (Å²) in [6.45, 7) is 9.94. The average Bonchev–Trinajstić information content (AvgIpc) is 2.46. The number of guanidine groups is 1. The second kappa shape index (κ2) is 9.07. The number of anilines is 1. The molecule has 1 aromatic carbocycles. The fraction of sp³-hybridized carbons (Fsp3) is 0.533. The van der Waals surface area contributed by atoms with Crippen molar-refractivity contribution in [1.29, 1.82) is 0 Å². The van der Waals surface area contributed by atoms with Gasteiger partial charge in [-0.25, -0.2) is 5.84 Å². The lowest BCUT2D eigenvalue weighted by atomic mass is 10.2. The summed E-state index contributed by atoms with van der Waals surface area (Å²) in [5, 5.41) is 3.13. The molecule has 0 aromatic heterocycles. The summed E-state index contributed by atoms with van der Waals surface area (Å²) in [5.41, 5.74) is 3.40. The van der Waals surface area contributed by atoms with E-state index >= 15 is 0 Å². The third kappa shape index (κ3) is 5.91. The monoisotopic (exact) mass is 294 g/mol. The van der Waals surface area contributed by atoms with Crippen LogP contribution in [0.3, 0.4) is 0 Å². The molecule has 0 unspecified atom stereocenters. The Morgan fingerprint density at radius 2 is 1.86 bits per heavy atom. The lowest BCUT2D eigenvalue weighted by Gasteiger charge is -2.14. The van der Waals surface area contributed by atoms with Gasteiger partial charge in [0.15, 0.2) is 11.5 Å². The van der Waals surface area contributed by atoms with Gasteiger partial charge in [0.2, 0.25) is 5.96 Å². The van der Waals surface area contributed by atoms with Gasteiger partial charge in [0.25, 0.3) is 0 Å². The third-order valence-electron chi connectivity index (χ3n) is 2.56. The molecule has 21 heavy (non-hydrogen) atoms. The molecule has 0 spiro atoms. The maximum Gasteiger partial charge on any atom is 0.210 e. The molecule has 4 N–H and O–H groups in total. The number of hydrogen-bond donors (Lipinski definition) is 3. The lowest BCUT2D eigenvalue weighted by molar-refractivity contribution is 0.288. The summed E-state index contributed by atoms with van der Waals surface area (Å²) >= 11 is 0. The second-order valence-electron chi connectivity index (χ2n) is 4.88. The molecule has 0 atom stereocenters. The number of benzene rings is 1. The Morgan fingerprint density at radius 1 is 1.19 bits per heavy atom. The molecule has 0 aliphatic carbocycles. The Labute approximate surface area is 126 Å². The summed E-state index contributed by atoms with van der Waals surface area (Å²) in [6, 6.07) is 5.64. The maximum atomic E-state index is 5.59. The number of rotatable bonds is 7. The number of nitrogens with one attached hydrogen (secondary N) is 2. The van der Waals surface area contributed by atoms with Crippen LogP contribution in [0.2, 0.25) is 0 Å². The zero-order chi connectivity index (χ0) is 15.7. The van der Waals surface area contributed by atoms with E-state index in [1.807, 2.05) is 32.0 Å². The number of nitrogens with zero attached hydrogens (tertiary/aromatic N) is 1. The summed E-state index contributed by atoms with van der Waals surface area (Å²) in [4.78, 5) is 4.37. The quantitative estimate of drug-likeness (QED) is 0.311. The molecule has 0 aliphatic heterocycles. The summed E-state index contributed by atoms with van der Waals surface area (Å²) in [6.07, 6.45) is 0. The van der Waals surface area contributed by atoms with Crippen molar-refractivity contribution in [3.8, 4) is 11.5 Å². The molecule has 0 amide bonds. The minimum atomic E-state index is 0.467. The number of nitrogens with two attached hydrogens (primary N) is 1. The van der Waals surface area contributed by atoms with Gasteiger partial charge in [-0.2, -0.15) is 0 Å². The van der Waals surface area contributed by atoms with E-state index in [1.54, 1.807) is 0 Å². The largest absolute Gasteiger partial charge is 0.490 e. The maximum absolute atomic E-state index is 5.59. The Hall–Kier alpha value is -1.95. The van der Waals surface area contributed by atoms with Gasteiger partial charge in [-0.05, 0) is 31.9 Å². The van der Waals surface area contributed by atoms with Crippen molar-refractivity contribution in [2.24, 2.45) is 16.8 Å². The van der Waals surface area contributed by atoms with Gasteiger partial charge in [0.1, 0.15) is 0 Å². The van der Waals surface area contributed by atoms with Crippen molar-refractivity contribution < 1.29 is 9.47 Å². The zero-order valence-corrected chi connectivity index (χ0v) is 13.3. The molecule has 1 rings (SSSR count). The lowest BCUT2D eigenvalue weighted by Crippen LogP contribution is -2.36. The fourth-order valence-electron chi connectivity index (χ4n) is 1.66. The molecular formula is C15H26N4O2. The van der Waals surface area contributed by atoms with E-state index in [2.05, 4.69) is 29.6 Å². The molecular weight excluding hydrogens is 268 g/mol. The third-order valence-corrected chi connectivity index (χ3v) is 2.56. The smallest absolute Gasteiger partial charge is 0.210 e. The van der Waals surface area contributed by atoms with Crippen molar-refractivity contribution in [2.75, 3.05) is 25.1 Å². The highest BCUT2D eigenvalue weighted by Crippen LogP contribution is 2.30. The topological polar surface area (TPSA) is 80.9 Å². The Bertz CT molecular complexity index is 461. The standard InChI is InChI=1S/C15H26N4O2/c1-5-20-13-8-7-12(9-14(13)21-6-2)18-15(19-16)17-10-11(3)4/h7-9,11H,5-6,10,16H2,1-4H3,(H2,17,18,19). The van der Waals surface area contributed by atoms with Gasteiger partial charge in [0, 0.05) is 18.3 Å². The van der Waals surface area contributed by atoms with Gasteiger partial charge < -0.3 is 14.8 Å². The van der Waals surface area contributed by atoms with Crippen LogP contribution in [0.15, 0.2) is 23.2 Å². The van der Waals surface area contributed by atoms with Crippen LogP contribution in [0.1, 0.15) is 27.7 Å². The number of hydrazine groups is 1. The summed E-state index contributed by atoms with van der Waals surface area (Å²) in [5.74, 6) is 7.90. The number of hydrogen-bond acceptors (Lipinski definition) is 4. The second-order valence-corrected chi connectivity index (χ2v) is 4.88. The highest BCUT2D eigenvalue weighted by atomic mass is 16.5. The molecule has 118 valence electrons. The highest BCUT2D eigenvalue weighted by molar-refractivity contribution is 5.93. The van der Waals surface area contributed by atoms with Crippen LogP contribution >= 0.6 is 0 Å². The highest BCUT2D eigenvalue weighted by Gasteiger charge is 2.07. The molecule has 1 aromatic rings. The first-order valence-electron chi connectivity index (χ1n) is 7.28. The van der Waals surface area contributed by atoms with Gasteiger partial charge in [-0.3, -0.25) is 10.4 Å².